The van der Waals surface area contributed by atoms with Crippen LogP contribution in [-0.4, -0.2) is 20.3 Å². The molecule has 0 fully saturated rings. The lowest BCUT2D eigenvalue weighted by Crippen LogP contribution is -2.12. The Morgan fingerprint density at radius 3 is 2.72 bits per heavy atom. The zero-order valence-electron chi connectivity index (χ0n) is 10.7. The Bertz CT molecular complexity index is 383. The molecule has 0 saturated carbocycles. The Hall–Kier alpha value is -0.900. The maximum absolute atomic E-state index is 6.16. The third-order valence-corrected chi connectivity index (χ3v) is 2.49. The van der Waals surface area contributed by atoms with Gasteiger partial charge in [0, 0.05) is 6.54 Å². The van der Waals surface area contributed by atoms with E-state index in [0.29, 0.717) is 23.1 Å². The van der Waals surface area contributed by atoms with Crippen molar-refractivity contribution < 1.29 is 9.47 Å². The van der Waals surface area contributed by atoms with Gasteiger partial charge in [0.2, 0.25) is 0 Å². The number of rotatable bonds is 7. The monoisotopic (exact) mass is 291 g/mol. The first-order valence-corrected chi connectivity index (χ1v) is 5.91. The van der Waals surface area contributed by atoms with E-state index in [2.05, 4.69) is 18.8 Å². The largest absolute Gasteiger partial charge is 0.493 e. The molecule has 0 heterocycles. The van der Waals surface area contributed by atoms with E-state index in [1.54, 1.807) is 13.2 Å². The summed E-state index contributed by atoms with van der Waals surface area (Å²) in [5.41, 5.74) is 1.07. The zero-order chi connectivity index (χ0) is 12.7. The quantitative estimate of drug-likeness (QED) is 0.781. The summed E-state index contributed by atoms with van der Waals surface area (Å²) >= 11 is 6.16. The van der Waals surface area contributed by atoms with Crippen molar-refractivity contribution in [2.75, 3.05) is 20.3 Å². The minimum atomic E-state index is 0. The van der Waals surface area contributed by atoms with Crippen LogP contribution in [-0.2, 0) is 6.54 Å². The summed E-state index contributed by atoms with van der Waals surface area (Å²) in [6, 6.07) is 3.80. The zero-order valence-corrected chi connectivity index (χ0v) is 12.2. The van der Waals surface area contributed by atoms with Crippen molar-refractivity contribution in [3.05, 3.63) is 35.4 Å². The second-order valence-corrected chi connectivity index (χ2v) is 3.90. The minimum Gasteiger partial charge on any atom is -0.493 e. The van der Waals surface area contributed by atoms with Crippen LogP contribution in [0.1, 0.15) is 12.5 Å². The Labute approximate surface area is 120 Å². The normalized spacial score (nSPS) is 9.50. The fraction of sp³-hybridized carbons (Fsp3) is 0.385. The second kappa shape index (κ2) is 9.09. The maximum Gasteiger partial charge on any atom is 0.180 e. The van der Waals surface area contributed by atoms with Crippen molar-refractivity contribution in [1.82, 2.24) is 5.32 Å². The van der Waals surface area contributed by atoms with Gasteiger partial charge in [-0.05, 0) is 24.2 Å². The molecule has 3 nitrogen and oxygen atoms in total. The van der Waals surface area contributed by atoms with Gasteiger partial charge in [0.05, 0.1) is 12.1 Å². The van der Waals surface area contributed by atoms with Gasteiger partial charge in [-0.15, -0.1) is 12.4 Å². The Morgan fingerprint density at radius 1 is 1.44 bits per heavy atom. The molecule has 0 aliphatic rings. The van der Waals surface area contributed by atoms with Crippen LogP contribution in [0.4, 0.5) is 0 Å². The van der Waals surface area contributed by atoms with E-state index < -0.39 is 0 Å². The lowest BCUT2D eigenvalue weighted by Gasteiger charge is -2.13. The summed E-state index contributed by atoms with van der Waals surface area (Å²) in [6.07, 6.45) is 1.67. The molecule has 1 aromatic carbocycles. The van der Waals surface area contributed by atoms with E-state index in [1.165, 1.54) is 0 Å². The van der Waals surface area contributed by atoms with Crippen LogP contribution in [0.2, 0.25) is 5.02 Å². The predicted octanol–water partition coefficient (Wildman–Crippen LogP) is 3.44. The number of halogens is 2. The Kier molecular flexibility index (Phi) is 8.63. The van der Waals surface area contributed by atoms with Gasteiger partial charge in [0.1, 0.15) is 6.61 Å². The van der Waals surface area contributed by atoms with Gasteiger partial charge in [-0.2, -0.15) is 0 Å². The van der Waals surface area contributed by atoms with Crippen molar-refractivity contribution in [1.29, 1.82) is 0 Å². The molecule has 0 bridgehead atoms. The van der Waals surface area contributed by atoms with Crippen LogP contribution in [0.15, 0.2) is 24.8 Å². The molecule has 0 amide bonds. The molecule has 102 valence electrons. The molecule has 0 aliphatic carbocycles. The van der Waals surface area contributed by atoms with Crippen LogP contribution < -0.4 is 14.8 Å². The summed E-state index contributed by atoms with van der Waals surface area (Å²) in [5.74, 6) is 1.21. The number of methoxy groups -OCH3 is 1. The Morgan fingerprint density at radius 2 is 2.17 bits per heavy atom. The summed E-state index contributed by atoms with van der Waals surface area (Å²) in [6.45, 7) is 7.73. The molecule has 0 aromatic heterocycles. The van der Waals surface area contributed by atoms with E-state index in [1.807, 2.05) is 12.1 Å². The van der Waals surface area contributed by atoms with Crippen molar-refractivity contribution in [2.24, 2.45) is 0 Å². The number of benzene rings is 1. The first-order valence-electron chi connectivity index (χ1n) is 5.53. The van der Waals surface area contributed by atoms with Crippen molar-refractivity contribution in [3.8, 4) is 11.5 Å². The van der Waals surface area contributed by atoms with E-state index in [0.717, 1.165) is 18.7 Å². The number of nitrogens with one attached hydrogen (secondary N) is 1. The number of hydrogen-bond donors (Lipinski definition) is 1. The second-order valence-electron chi connectivity index (χ2n) is 3.49. The molecule has 0 atom stereocenters. The lowest BCUT2D eigenvalue weighted by molar-refractivity contribution is 0.326. The fourth-order valence-electron chi connectivity index (χ4n) is 1.43. The predicted molar refractivity (Wildman–Crippen MR) is 78.3 cm³/mol. The molecule has 1 N–H and O–H groups in total. The third-order valence-electron chi connectivity index (χ3n) is 2.21. The van der Waals surface area contributed by atoms with Gasteiger partial charge in [0.25, 0.3) is 0 Å². The van der Waals surface area contributed by atoms with E-state index in [9.17, 15) is 0 Å². The molecule has 0 unspecified atom stereocenters. The first-order chi connectivity index (χ1) is 8.22. The third kappa shape index (κ3) is 4.77. The van der Waals surface area contributed by atoms with Crippen molar-refractivity contribution in [3.63, 3.8) is 0 Å². The molecule has 5 heteroatoms. The van der Waals surface area contributed by atoms with Crippen molar-refractivity contribution in [2.45, 2.75) is 13.5 Å². The fourth-order valence-corrected chi connectivity index (χ4v) is 1.71. The average Bonchev–Trinajstić information content (AvgIpc) is 2.34. The van der Waals surface area contributed by atoms with Crippen LogP contribution in [0, 0.1) is 0 Å². The van der Waals surface area contributed by atoms with Crippen LogP contribution in [0.5, 0.6) is 11.5 Å². The molecule has 0 spiro atoms. The summed E-state index contributed by atoms with van der Waals surface area (Å²) < 4.78 is 10.7. The Balaban J connectivity index is 0.00000289. The lowest BCUT2D eigenvalue weighted by atomic mass is 10.2. The van der Waals surface area contributed by atoms with Gasteiger partial charge in [-0.25, -0.2) is 0 Å². The standard InChI is InChI=1S/C13H18ClNO2.ClH/c1-4-6-17-13-11(14)7-10(9-15-5-2)8-12(13)16-3;/h4,7-8,15H,1,5-6,9H2,2-3H3;1H. The highest BCUT2D eigenvalue weighted by atomic mass is 35.5. The highest BCUT2D eigenvalue weighted by Crippen LogP contribution is 2.36. The van der Waals surface area contributed by atoms with Crippen LogP contribution in [0.3, 0.4) is 0 Å². The molecule has 0 radical (unpaired) electrons. The van der Waals surface area contributed by atoms with Crippen LogP contribution >= 0.6 is 24.0 Å². The van der Waals surface area contributed by atoms with Gasteiger partial charge < -0.3 is 14.8 Å². The van der Waals surface area contributed by atoms with Gasteiger partial charge >= 0.3 is 0 Å². The number of hydrogen-bond acceptors (Lipinski definition) is 3. The summed E-state index contributed by atoms with van der Waals surface area (Å²) in [5, 5.41) is 3.79. The highest BCUT2D eigenvalue weighted by Gasteiger charge is 2.11. The molecular formula is C13H19Cl2NO2. The van der Waals surface area contributed by atoms with Gasteiger partial charge in [-0.3, -0.25) is 0 Å². The molecule has 1 aromatic rings. The average molecular weight is 292 g/mol. The van der Waals surface area contributed by atoms with Gasteiger partial charge in [0.15, 0.2) is 11.5 Å². The first kappa shape index (κ1) is 17.1. The SMILES string of the molecule is C=CCOc1c(Cl)cc(CNCC)cc1OC.Cl. The summed E-state index contributed by atoms with van der Waals surface area (Å²) in [7, 11) is 1.60. The van der Waals surface area contributed by atoms with E-state index >= 15 is 0 Å². The van der Waals surface area contributed by atoms with Gasteiger partial charge in [-0.1, -0.05) is 31.2 Å². The molecule has 0 aliphatic heterocycles. The van der Waals surface area contributed by atoms with E-state index in [4.69, 9.17) is 21.1 Å². The molecule has 18 heavy (non-hydrogen) atoms. The van der Waals surface area contributed by atoms with E-state index in [-0.39, 0.29) is 12.4 Å². The minimum absolute atomic E-state index is 0. The topological polar surface area (TPSA) is 30.5 Å². The molecular weight excluding hydrogens is 273 g/mol. The maximum atomic E-state index is 6.16. The smallest absolute Gasteiger partial charge is 0.180 e. The molecule has 0 saturated heterocycles. The van der Waals surface area contributed by atoms with Crippen molar-refractivity contribution >= 4 is 24.0 Å². The van der Waals surface area contributed by atoms with Crippen LogP contribution in [0.25, 0.3) is 0 Å². The molecule has 1 rings (SSSR count). The highest BCUT2D eigenvalue weighted by molar-refractivity contribution is 6.32. The number of ether oxygens (including phenoxy) is 2. The summed E-state index contributed by atoms with van der Waals surface area (Å²) in [4.78, 5) is 0.